The third kappa shape index (κ3) is 4.23. The fourth-order valence-corrected chi connectivity index (χ4v) is 2.03. The number of rotatable bonds is 6. The Labute approximate surface area is 110 Å². The summed E-state index contributed by atoms with van der Waals surface area (Å²) in [6.45, 7) is 6.49. The van der Waals surface area contributed by atoms with Crippen LogP contribution in [-0.2, 0) is 14.3 Å². The van der Waals surface area contributed by atoms with Gasteiger partial charge >= 0.3 is 0 Å². The minimum atomic E-state index is -0.729. The van der Waals surface area contributed by atoms with Crippen LogP contribution < -0.4 is 5.73 Å². The summed E-state index contributed by atoms with van der Waals surface area (Å²) in [7, 11) is 1.57. The molecule has 0 bridgehead atoms. The minimum Gasteiger partial charge on any atom is -0.378 e. The van der Waals surface area contributed by atoms with Crippen molar-refractivity contribution in [2.75, 3.05) is 33.4 Å². The van der Waals surface area contributed by atoms with Crippen LogP contribution in [0, 0.1) is 0 Å². The zero-order valence-electron chi connectivity index (χ0n) is 11.8. The molecule has 5 heteroatoms. The first-order chi connectivity index (χ1) is 8.51. The smallest absolute Gasteiger partial charge is 0.254 e. The molecule has 0 aromatic heterocycles. The van der Waals surface area contributed by atoms with Gasteiger partial charge in [-0.25, -0.2) is 0 Å². The van der Waals surface area contributed by atoms with Gasteiger partial charge in [-0.05, 0) is 39.7 Å². The Morgan fingerprint density at radius 2 is 2.00 bits per heavy atom. The molecule has 1 rings (SSSR count). The van der Waals surface area contributed by atoms with Crippen molar-refractivity contribution in [3.8, 4) is 0 Å². The lowest BCUT2D eigenvalue weighted by atomic mass is 10.0. The van der Waals surface area contributed by atoms with Gasteiger partial charge in [-0.1, -0.05) is 0 Å². The summed E-state index contributed by atoms with van der Waals surface area (Å²) in [6, 6.07) is 0. The Kier molecular flexibility index (Phi) is 6.05. The van der Waals surface area contributed by atoms with E-state index in [1.807, 2.05) is 4.90 Å². The van der Waals surface area contributed by atoms with Gasteiger partial charge < -0.3 is 20.1 Å². The van der Waals surface area contributed by atoms with Crippen molar-refractivity contribution < 1.29 is 14.3 Å². The van der Waals surface area contributed by atoms with Crippen molar-refractivity contribution in [1.29, 1.82) is 0 Å². The minimum absolute atomic E-state index is 0.0606. The van der Waals surface area contributed by atoms with Crippen molar-refractivity contribution in [3.63, 3.8) is 0 Å². The van der Waals surface area contributed by atoms with Crippen LogP contribution in [0.5, 0.6) is 0 Å². The molecule has 18 heavy (non-hydrogen) atoms. The van der Waals surface area contributed by atoms with Crippen LogP contribution in [-0.4, -0.2) is 55.9 Å². The van der Waals surface area contributed by atoms with E-state index in [0.717, 1.165) is 39.0 Å². The molecule has 1 fully saturated rings. The molecular formula is C13H26N2O3. The normalized spacial score (nSPS) is 18.1. The van der Waals surface area contributed by atoms with Crippen molar-refractivity contribution in [2.45, 2.75) is 44.8 Å². The molecule has 5 nitrogen and oxygen atoms in total. The average molecular weight is 258 g/mol. The number of methoxy groups -OCH3 is 1. The number of amides is 1. The summed E-state index contributed by atoms with van der Waals surface area (Å²) in [5, 5.41) is 0. The maximum absolute atomic E-state index is 12.2. The summed E-state index contributed by atoms with van der Waals surface area (Å²) in [6.07, 6.45) is 2.97. The lowest BCUT2D eigenvalue weighted by Gasteiger charge is -2.36. The monoisotopic (exact) mass is 258 g/mol. The first-order valence-corrected chi connectivity index (χ1v) is 6.67. The molecule has 0 unspecified atom stereocenters. The molecule has 0 atom stereocenters. The maximum Gasteiger partial charge on any atom is 0.254 e. The Bertz CT molecular complexity index is 261. The lowest BCUT2D eigenvalue weighted by Crippen LogP contribution is -2.50. The molecule has 1 aliphatic rings. The van der Waals surface area contributed by atoms with Gasteiger partial charge in [0.2, 0.25) is 0 Å². The summed E-state index contributed by atoms with van der Waals surface area (Å²) in [4.78, 5) is 14.0. The number of hydrogen-bond donors (Lipinski definition) is 1. The first kappa shape index (κ1) is 15.4. The predicted molar refractivity (Wildman–Crippen MR) is 70.3 cm³/mol. The fraction of sp³-hybridized carbons (Fsp3) is 0.923. The zero-order valence-corrected chi connectivity index (χ0v) is 11.8. The second kappa shape index (κ2) is 7.07. The zero-order chi connectivity index (χ0) is 13.6. The Hall–Kier alpha value is -0.650. The van der Waals surface area contributed by atoms with Crippen LogP contribution in [0.2, 0.25) is 0 Å². The van der Waals surface area contributed by atoms with Crippen LogP contribution in [0.3, 0.4) is 0 Å². The second-order valence-electron chi connectivity index (χ2n) is 5.22. The van der Waals surface area contributed by atoms with Crippen LogP contribution >= 0.6 is 0 Å². The van der Waals surface area contributed by atoms with E-state index in [9.17, 15) is 4.79 Å². The summed E-state index contributed by atoms with van der Waals surface area (Å²) < 4.78 is 10.9. The van der Waals surface area contributed by atoms with Gasteiger partial charge in [-0.2, -0.15) is 0 Å². The molecule has 0 saturated carbocycles. The van der Waals surface area contributed by atoms with E-state index >= 15 is 0 Å². The highest BCUT2D eigenvalue weighted by Crippen LogP contribution is 2.19. The van der Waals surface area contributed by atoms with E-state index in [1.54, 1.807) is 21.0 Å². The largest absolute Gasteiger partial charge is 0.378 e. The molecule has 1 amide bonds. The van der Waals surface area contributed by atoms with Crippen LogP contribution in [0.1, 0.15) is 33.1 Å². The van der Waals surface area contributed by atoms with Crippen molar-refractivity contribution in [3.05, 3.63) is 0 Å². The van der Waals surface area contributed by atoms with Crippen molar-refractivity contribution in [1.82, 2.24) is 4.90 Å². The van der Waals surface area contributed by atoms with Gasteiger partial charge in [-0.3, -0.25) is 4.79 Å². The molecule has 0 spiro atoms. The van der Waals surface area contributed by atoms with Crippen molar-refractivity contribution in [2.24, 2.45) is 5.73 Å². The molecule has 0 radical (unpaired) electrons. The van der Waals surface area contributed by atoms with Crippen molar-refractivity contribution >= 4 is 5.91 Å². The van der Waals surface area contributed by atoms with Gasteiger partial charge in [0, 0.05) is 26.8 Å². The van der Waals surface area contributed by atoms with E-state index in [1.165, 1.54) is 0 Å². The third-order valence-corrected chi connectivity index (χ3v) is 3.46. The lowest BCUT2D eigenvalue weighted by molar-refractivity contribution is -0.153. The highest BCUT2D eigenvalue weighted by Gasteiger charge is 2.33. The first-order valence-electron chi connectivity index (χ1n) is 6.67. The number of nitrogens with two attached hydrogens (primary N) is 1. The average Bonchev–Trinajstić information content (AvgIpc) is 2.39. The Morgan fingerprint density at radius 3 is 2.50 bits per heavy atom. The van der Waals surface area contributed by atoms with Crippen LogP contribution in [0.15, 0.2) is 0 Å². The van der Waals surface area contributed by atoms with Crippen LogP contribution in [0.25, 0.3) is 0 Å². The van der Waals surface area contributed by atoms with E-state index in [-0.39, 0.29) is 12.0 Å². The molecule has 2 N–H and O–H groups in total. The molecule has 0 aliphatic carbocycles. The molecular weight excluding hydrogens is 232 g/mol. The quantitative estimate of drug-likeness (QED) is 0.715. The number of hydrogen-bond acceptors (Lipinski definition) is 4. The molecule has 1 saturated heterocycles. The standard InChI is InChI=1S/C13H26N2O3/c1-13(2,17-3)12(16)15-8-5-11(6-9-15)18-10-4-7-14/h11H,4-10,14H2,1-3H3. The predicted octanol–water partition coefficient (Wildman–Crippen LogP) is 0.768. The number of carbonyl (C=O) groups excluding carboxylic acids is 1. The van der Waals surface area contributed by atoms with Gasteiger partial charge in [0.05, 0.1) is 6.10 Å². The van der Waals surface area contributed by atoms with Gasteiger partial charge in [0.1, 0.15) is 5.60 Å². The number of ether oxygens (including phenoxy) is 2. The van der Waals surface area contributed by atoms with E-state index in [0.29, 0.717) is 6.54 Å². The number of piperidine rings is 1. The van der Waals surface area contributed by atoms with Gasteiger partial charge in [0.15, 0.2) is 0 Å². The molecule has 1 aliphatic heterocycles. The van der Waals surface area contributed by atoms with E-state index in [2.05, 4.69) is 0 Å². The van der Waals surface area contributed by atoms with E-state index < -0.39 is 5.60 Å². The molecule has 106 valence electrons. The number of nitrogens with zero attached hydrogens (tertiary/aromatic N) is 1. The highest BCUT2D eigenvalue weighted by molar-refractivity contribution is 5.84. The van der Waals surface area contributed by atoms with Gasteiger partial charge in [-0.15, -0.1) is 0 Å². The third-order valence-electron chi connectivity index (χ3n) is 3.46. The van der Waals surface area contributed by atoms with E-state index in [4.69, 9.17) is 15.2 Å². The number of carbonyl (C=O) groups is 1. The topological polar surface area (TPSA) is 64.8 Å². The van der Waals surface area contributed by atoms with Gasteiger partial charge in [0.25, 0.3) is 5.91 Å². The fourth-order valence-electron chi connectivity index (χ4n) is 2.03. The van der Waals surface area contributed by atoms with Crippen LogP contribution in [0.4, 0.5) is 0 Å². The second-order valence-corrected chi connectivity index (χ2v) is 5.22. The summed E-state index contributed by atoms with van der Waals surface area (Å²) in [5.74, 6) is 0.0606. The SMILES string of the molecule is COC(C)(C)C(=O)N1CCC(OCCCN)CC1. The molecule has 1 heterocycles. The maximum atomic E-state index is 12.2. The summed E-state index contributed by atoms with van der Waals surface area (Å²) in [5.41, 5.74) is 4.69. The molecule has 0 aromatic carbocycles. The highest BCUT2D eigenvalue weighted by atomic mass is 16.5. The Morgan fingerprint density at radius 1 is 1.39 bits per heavy atom. The molecule has 0 aromatic rings. The number of likely N-dealkylation sites (tertiary alicyclic amines) is 1. The summed E-state index contributed by atoms with van der Waals surface area (Å²) >= 11 is 0. The Balaban J connectivity index is 2.33.